The molecule has 0 aliphatic heterocycles. The Balaban J connectivity index is 2.32. The van der Waals surface area contributed by atoms with Gasteiger partial charge in [-0.15, -0.1) is 0 Å². The zero-order valence-electron chi connectivity index (χ0n) is 11.4. The van der Waals surface area contributed by atoms with E-state index in [2.05, 4.69) is 9.72 Å². The highest BCUT2D eigenvalue weighted by molar-refractivity contribution is 7.89. The summed E-state index contributed by atoms with van der Waals surface area (Å²) in [6, 6.07) is 2.92. The molecule has 110 valence electrons. The molecule has 1 aliphatic carbocycles. The number of hydrogen-bond donors (Lipinski definition) is 0. The van der Waals surface area contributed by atoms with Crippen molar-refractivity contribution < 1.29 is 17.9 Å². The second-order valence-electron chi connectivity index (χ2n) is 4.75. The minimum Gasteiger partial charge on any atom is -0.468 e. The summed E-state index contributed by atoms with van der Waals surface area (Å²) in [4.78, 5) is 15.5. The summed E-state index contributed by atoms with van der Waals surface area (Å²) >= 11 is 0. The molecular formula is C13H18N2O4S. The smallest absolute Gasteiger partial charge is 0.321 e. The monoisotopic (exact) mass is 298 g/mol. The molecular weight excluding hydrogens is 280 g/mol. The molecule has 0 aromatic carbocycles. The normalized spacial score (nSPS) is 16.5. The summed E-state index contributed by atoms with van der Waals surface area (Å²) in [5.74, 6) is -0.552. The van der Waals surface area contributed by atoms with Crippen LogP contribution in [0, 0.1) is 0 Å². The number of aromatic nitrogens is 1. The zero-order chi connectivity index (χ0) is 14.6. The van der Waals surface area contributed by atoms with E-state index in [1.54, 1.807) is 6.07 Å². The van der Waals surface area contributed by atoms with Crippen molar-refractivity contribution in [3.63, 3.8) is 0 Å². The van der Waals surface area contributed by atoms with E-state index in [1.807, 2.05) is 0 Å². The number of esters is 1. The number of rotatable bonds is 5. The quantitative estimate of drug-likeness (QED) is 0.763. The van der Waals surface area contributed by atoms with Crippen molar-refractivity contribution in [2.75, 3.05) is 13.7 Å². The number of pyridine rings is 1. The number of methoxy groups -OCH3 is 1. The molecule has 20 heavy (non-hydrogen) atoms. The lowest BCUT2D eigenvalue weighted by molar-refractivity contribution is -0.141. The SMILES string of the molecule is COC(=O)CN(C1CCCC1)S(=O)(=O)c1cccnc1. The molecule has 0 unspecified atom stereocenters. The Hall–Kier alpha value is -1.47. The maximum atomic E-state index is 12.6. The summed E-state index contributed by atoms with van der Waals surface area (Å²) in [6.45, 7) is -0.252. The second kappa shape index (κ2) is 6.32. The summed E-state index contributed by atoms with van der Waals surface area (Å²) < 4.78 is 31.2. The first kappa shape index (κ1) is 14.9. The van der Waals surface area contributed by atoms with Crippen molar-refractivity contribution in [1.82, 2.24) is 9.29 Å². The van der Waals surface area contributed by atoms with Gasteiger partial charge in [-0.3, -0.25) is 9.78 Å². The van der Waals surface area contributed by atoms with Crippen LogP contribution in [0.1, 0.15) is 25.7 Å². The molecule has 1 aromatic heterocycles. The maximum absolute atomic E-state index is 12.6. The molecule has 2 rings (SSSR count). The van der Waals surface area contributed by atoms with Crippen LogP contribution in [0.2, 0.25) is 0 Å². The molecule has 6 nitrogen and oxygen atoms in total. The Morgan fingerprint density at radius 3 is 2.70 bits per heavy atom. The fourth-order valence-electron chi connectivity index (χ4n) is 2.43. The first-order chi connectivity index (χ1) is 9.55. The van der Waals surface area contributed by atoms with E-state index in [0.717, 1.165) is 25.7 Å². The van der Waals surface area contributed by atoms with Crippen LogP contribution in [0.25, 0.3) is 0 Å². The lowest BCUT2D eigenvalue weighted by atomic mass is 10.2. The standard InChI is InChI=1S/C13H18N2O4S/c1-19-13(16)10-15(11-5-2-3-6-11)20(17,18)12-7-4-8-14-9-12/h4,7-9,11H,2-3,5-6,10H2,1H3. The number of nitrogens with zero attached hydrogens (tertiary/aromatic N) is 2. The highest BCUT2D eigenvalue weighted by Crippen LogP contribution is 2.28. The van der Waals surface area contributed by atoms with Crippen LogP contribution in [0.5, 0.6) is 0 Å². The van der Waals surface area contributed by atoms with Crippen molar-refractivity contribution in [3.8, 4) is 0 Å². The fourth-order valence-corrected chi connectivity index (χ4v) is 4.02. The largest absolute Gasteiger partial charge is 0.468 e. The van der Waals surface area contributed by atoms with Crippen molar-refractivity contribution in [1.29, 1.82) is 0 Å². The molecule has 1 aliphatic rings. The Kier molecular flexibility index (Phi) is 4.72. The van der Waals surface area contributed by atoms with Gasteiger partial charge in [0.25, 0.3) is 0 Å². The van der Waals surface area contributed by atoms with Crippen molar-refractivity contribution in [2.45, 2.75) is 36.6 Å². The van der Waals surface area contributed by atoms with Crippen LogP contribution in [0.3, 0.4) is 0 Å². The van der Waals surface area contributed by atoms with Gasteiger partial charge in [0.15, 0.2) is 0 Å². The van der Waals surface area contributed by atoms with Crippen LogP contribution in [0.15, 0.2) is 29.4 Å². The third-order valence-electron chi connectivity index (χ3n) is 3.49. The number of carbonyl (C=O) groups excluding carboxylic acids is 1. The molecule has 1 heterocycles. The number of hydrogen-bond acceptors (Lipinski definition) is 5. The Morgan fingerprint density at radius 1 is 1.45 bits per heavy atom. The average Bonchev–Trinajstić information content (AvgIpc) is 2.99. The first-order valence-corrected chi connectivity index (χ1v) is 7.98. The van der Waals surface area contributed by atoms with Gasteiger partial charge in [0, 0.05) is 18.4 Å². The van der Waals surface area contributed by atoms with E-state index in [-0.39, 0.29) is 17.5 Å². The number of carbonyl (C=O) groups is 1. The number of sulfonamides is 1. The van der Waals surface area contributed by atoms with Gasteiger partial charge in [-0.2, -0.15) is 4.31 Å². The van der Waals surface area contributed by atoms with Gasteiger partial charge in [-0.25, -0.2) is 8.42 Å². The topological polar surface area (TPSA) is 76.6 Å². The Labute approximate surface area is 118 Å². The molecule has 0 saturated heterocycles. The number of ether oxygens (including phenoxy) is 1. The molecule has 0 radical (unpaired) electrons. The van der Waals surface area contributed by atoms with Crippen LogP contribution >= 0.6 is 0 Å². The molecule has 0 N–H and O–H groups in total. The third kappa shape index (κ3) is 3.16. The van der Waals surface area contributed by atoms with Gasteiger partial charge in [-0.1, -0.05) is 12.8 Å². The van der Waals surface area contributed by atoms with Gasteiger partial charge < -0.3 is 4.74 Å². The van der Waals surface area contributed by atoms with Crippen LogP contribution in [-0.2, 0) is 19.6 Å². The van der Waals surface area contributed by atoms with Gasteiger partial charge in [0.05, 0.1) is 7.11 Å². The van der Waals surface area contributed by atoms with E-state index in [4.69, 9.17) is 0 Å². The summed E-state index contributed by atoms with van der Waals surface area (Å²) in [5, 5.41) is 0. The van der Waals surface area contributed by atoms with E-state index in [9.17, 15) is 13.2 Å². The first-order valence-electron chi connectivity index (χ1n) is 6.54. The van der Waals surface area contributed by atoms with Gasteiger partial charge in [-0.05, 0) is 25.0 Å². The summed E-state index contributed by atoms with van der Waals surface area (Å²) in [5.41, 5.74) is 0. The van der Waals surface area contributed by atoms with Crippen LogP contribution in [0.4, 0.5) is 0 Å². The minimum atomic E-state index is -3.72. The van der Waals surface area contributed by atoms with E-state index < -0.39 is 16.0 Å². The highest BCUT2D eigenvalue weighted by atomic mass is 32.2. The predicted molar refractivity (Wildman–Crippen MR) is 72.4 cm³/mol. The Bertz CT molecular complexity index is 553. The van der Waals surface area contributed by atoms with Crippen LogP contribution in [-0.4, -0.2) is 43.4 Å². The van der Waals surface area contributed by atoms with Crippen LogP contribution < -0.4 is 0 Å². The molecule has 1 aromatic rings. The predicted octanol–water partition coefficient (Wildman–Crippen LogP) is 1.19. The van der Waals surface area contributed by atoms with Gasteiger partial charge >= 0.3 is 5.97 Å². The molecule has 1 fully saturated rings. The average molecular weight is 298 g/mol. The Morgan fingerprint density at radius 2 is 2.15 bits per heavy atom. The molecule has 0 bridgehead atoms. The fraction of sp³-hybridized carbons (Fsp3) is 0.538. The lowest BCUT2D eigenvalue weighted by Gasteiger charge is -2.26. The van der Waals surface area contributed by atoms with Crippen molar-refractivity contribution >= 4 is 16.0 Å². The van der Waals surface area contributed by atoms with Gasteiger partial charge in [0.1, 0.15) is 11.4 Å². The van der Waals surface area contributed by atoms with Gasteiger partial charge in [0.2, 0.25) is 10.0 Å². The molecule has 0 spiro atoms. The van der Waals surface area contributed by atoms with Crippen molar-refractivity contribution in [3.05, 3.63) is 24.5 Å². The minimum absolute atomic E-state index is 0.107. The lowest BCUT2D eigenvalue weighted by Crippen LogP contribution is -2.42. The molecule has 0 amide bonds. The second-order valence-corrected chi connectivity index (χ2v) is 6.64. The summed E-state index contributed by atoms with van der Waals surface area (Å²) in [7, 11) is -2.46. The summed E-state index contributed by atoms with van der Waals surface area (Å²) in [6.07, 6.45) is 6.32. The zero-order valence-corrected chi connectivity index (χ0v) is 12.2. The molecule has 1 saturated carbocycles. The van der Waals surface area contributed by atoms with E-state index in [0.29, 0.717) is 0 Å². The third-order valence-corrected chi connectivity index (χ3v) is 5.37. The highest BCUT2D eigenvalue weighted by Gasteiger charge is 2.35. The maximum Gasteiger partial charge on any atom is 0.321 e. The molecule has 0 atom stereocenters. The van der Waals surface area contributed by atoms with E-state index >= 15 is 0 Å². The van der Waals surface area contributed by atoms with E-state index in [1.165, 1.54) is 29.9 Å². The van der Waals surface area contributed by atoms with Crippen molar-refractivity contribution in [2.24, 2.45) is 0 Å². The molecule has 7 heteroatoms.